The molecular formula is C32H49N3O3S. The largest absolute Gasteiger partial charge is 0.350 e. The maximum absolute atomic E-state index is 13.5. The Labute approximate surface area is 240 Å². The number of benzene rings is 1. The lowest BCUT2D eigenvalue weighted by molar-refractivity contribution is -0.143. The molecule has 1 fully saturated rings. The third kappa shape index (κ3) is 9.55. The molecule has 1 aromatic carbocycles. The summed E-state index contributed by atoms with van der Waals surface area (Å²) in [5, 5.41) is 8.08. The van der Waals surface area contributed by atoms with Crippen LogP contribution in [0.25, 0.3) is 4.91 Å². The van der Waals surface area contributed by atoms with Crippen LogP contribution in [0.1, 0.15) is 98.3 Å². The standard InChI is InChI=1S/C32H49N3O3S/c1-10-11-17-39-28(22(4)5)24-14-15-25(26(19-24)18-21(2)3)20-33-30(37)27-13-12-16-35(27)31(38)29(32(7,8)9)34-23(6)36/h11,14-15,17,19,21,27,29H,10,12-13,16,18,20H2,1-9H3,(H,33,37)(H,34,36)/b17-11-. The Morgan fingerprint density at radius 2 is 1.82 bits per heavy atom. The number of nitrogens with one attached hydrogen (secondary N) is 2. The molecule has 0 saturated carbocycles. The number of carbonyl (C=O) groups is 3. The molecular weight excluding hydrogens is 506 g/mol. The molecule has 2 atom stereocenters. The fraction of sp³-hybridized carbons (Fsp3) is 0.594. The van der Waals surface area contributed by atoms with Gasteiger partial charge in [-0.15, -0.1) is 0 Å². The summed E-state index contributed by atoms with van der Waals surface area (Å²) in [5.41, 5.74) is 4.35. The number of thioether (sulfide) groups is 1. The van der Waals surface area contributed by atoms with Crippen molar-refractivity contribution in [3.63, 3.8) is 0 Å². The van der Waals surface area contributed by atoms with Crippen LogP contribution in [0.4, 0.5) is 0 Å². The van der Waals surface area contributed by atoms with Crippen molar-refractivity contribution < 1.29 is 14.4 Å². The molecule has 216 valence electrons. The van der Waals surface area contributed by atoms with Gasteiger partial charge in [0.1, 0.15) is 12.1 Å². The Morgan fingerprint density at radius 1 is 1.13 bits per heavy atom. The molecule has 0 spiro atoms. The van der Waals surface area contributed by atoms with E-state index in [0.717, 1.165) is 24.8 Å². The average molecular weight is 556 g/mol. The Morgan fingerprint density at radius 3 is 2.38 bits per heavy atom. The number of rotatable bonds is 11. The van der Waals surface area contributed by atoms with Crippen molar-refractivity contribution in [1.82, 2.24) is 15.5 Å². The van der Waals surface area contributed by atoms with Gasteiger partial charge in [-0.25, -0.2) is 0 Å². The lowest BCUT2D eigenvalue weighted by atomic mass is 9.85. The maximum Gasteiger partial charge on any atom is 0.246 e. The number of allylic oxidation sites excluding steroid dienone is 2. The minimum Gasteiger partial charge on any atom is -0.350 e. The van der Waals surface area contributed by atoms with Gasteiger partial charge in [0, 0.05) is 24.9 Å². The highest BCUT2D eigenvalue weighted by Crippen LogP contribution is 2.33. The fourth-order valence-electron chi connectivity index (χ4n) is 4.88. The summed E-state index contributed by atoms with van der Waals surface area (Å²) in [5.74, 6) is -0.102. The van der Waals surface area contributed by atoms with E-state index in [9.17, 15) is 14.4 Å². The van der Waals surface area contributed by atoms with Crippen molar-refractivity contribution >= 4 is 34.4 Å². The van der Waals surface area contributed by atoms with Crippen molar-refractivity contribution in [2.24, 2.45) is 11.3 Å². The molecule has 7 heteroatoms. The average Bonchev–Trinajstić information content (AvgIpc) is 3.33. The smallest absolute Gasteiger partial charge is 0.246 e. The van der Waals surface area contributed by atoms with E-state index in [-0.39, 0.29) is 17.7 Å². The quantitative estimate of drug-likeness (QED) is 0.329. The summed E-state index contributed by atoms with van der Waals surface area (Å²) in [6.45, 7) is 19.0. The molecule has 0 bridgehead atoms. The lowest BCUT2D eigenvalue weighted by Gasteiger charge is -2.35. The minimum absolute atomic E-state index is 0.138. The number of carbonyl (C=O) groups excluding carboxylic acids is 3. The third-order valence-corrected chi connectivity index (χ3v) is 8.03. The van der Waals surface area contributed by atoms with Gasteiger partial charge in [0.05, 0.1) is 0 Å². The molecule has 2 unspecified atom stereocenters. The van der Waals surface area contributed by atoms with Gasteiger partial charge in [0.25, 0.3) is 0 Å². The van der Waals surface area contributed by atoms with Crippen LogP contribution in [0, 0.1) is 11.3 Å². The van der Waals surface area contributed by atoms with E-state index in [1.54, 1.807) is 16.7 Å². The number of hydrogen-bond acceptors (Lipinski definition) is 4. The molecule has 1 heterocycles. The van der Waals surface area contributed by atoms with Gasteiger partial charge in [0.2, 0.25) is 17.7 Å². The van der Waals surface area contributed by atoms with Crippen molar-refractivity contribution in [1.29, 1.82) is 0 Å². The molecule has 1 aliphatic rings. The van der Waals surface area contributed by atoms with Crippen LogP contribution in [0.3, 0.4) is 0 Å². The van der Waals surface area contributed by atoms with E-state index in [2.05, 4.69) is 74.9 Å². The summed E-state index contributed by atoms with van der Waals surface area (Å²) < 4.78 is 0. The molecule has 0 aliphatic carbocycles. The van der Waals surface area contributed by atoms with Crippen LogP contribution >= 0.6 is 11.8 Å². The highest BCUT2D eigenvalue weighted by atomic mass is 32.2. The zero-order chi connectivity index (χ0) is 29.3. The van der Waals surface area contributed by atoms with Crippen LogP contribution < -0.4 is 10.6 Å². The topological polar surface area (TPSA) is 78.5 Å². The maximum atomic E-state index is 13.5. The number of likely N-dealkylation sites (tertiary alicyclic amines) is 1. The Kier molecular flexibility index (Phi) is 12.3. The highest BCUT2D eigenvalue weighted by molar-refractivity contribution is 8.10. The first-order valence-corrected chi connectivity index (χ1v) is 15.1. The molecule has 1 saturated heterocycles. The molecule has 6 nitrogen and oxygen atoms in total. The number of amides is 3. The summed E-state index contributed by atoms with van der Waals surface area (Å²) >= 11 is 1.75. The van der Waals surface area contributed by atoms with Crippen LogP contribution in [-0.2, 0) is 27.3 Å². The van der Waals surface area contributed by atoms with Crippen LogP contribution in [0.5, 0.6) is 0 Å². The first-order valence-electron chi connectivity index (χ1n) is 14.2. The van der Waals surface area contributed by atoms with Crippen LogP contribution in [0.15, 0.2) is 35.3 Å². The van der Waals surface area contributed by atoms with E-state index in [1.807, 2.05) is 20.8 Å². The van der Waals surface area contributed by atoms with Crippen molar-refractivity contribution in [2.75, 3.05) is 6.54 Å². The Hall–Kier alpha value is -2.54. The lowest BCUT2D eigenvalue weighted by Crippen LogP contribution is -2.57. The van der Waals surface area contributed by atoms with Crippen molar-refractivity contribution in [3.05, 3.63) is 51.9 Å². The third-order valence-electron chi connectivity index (χ3n) is 6.82. The zero-order valence-corrected chi connectivity index (χ0v) is 26.3. The Bertz CT molecular complexity index is 1080. The predicted octanol–water partition coefficient (Wildman–Crippen LogP) is 6.45. The fourth-order valence-corrected chi connectivity index (χ4v) is 5.80. The molecule has 0 radical (unpaired) electrons. The van der Waals surface area contributed by atoms with Crippen LogP contribution in [-0.4, -0.2) is 41.2 Å². The monoisotopic (exact) mass is 555 g/mol. The van der Waals surface area contributed by atoms with Gasteiger partial charge < -0.3 is 15.5 Å². The summed E-state index contributed by atoms with van der Waals surface area (Å²) in [6, 6.07) is 5.34. The molecule has 0 aromatic heterocycles. The first-order chi connectivity index (χ1) is 18.3. The normalized spacial score (nSPS) is 16.5. The zero-order valence-electron chi connectivity index (χ0n) is 25.4. The van der Waals surface area contributed by atoms with Crippen LogP contribution in [0.2, 0.25) is 0 Å². The second kappa shape index (κ2) is 14.7. The summed E-state index contributed by atoms with van der Waals surface area (Å²) in [6.07, 6.45) is 5.49. The predicted molar refractivity (Wildman–Crippen MR) is 164 cm³/mol. The van der Waals surface area contributed by atoms with Gasteiger partial charge in [0.15, 0.2) is 0 Å². The molecule has 39 heavy (non-hydrogen) atoms. The van der Waals surface area contributed by atoms with Crippen molar-refractivity contribution in [3.8, 4) is 0 Å². The van der Waals surface area contributed by atoms with Gasteiger partial charge in [-0.3, -0.25) is 14.4 Å². The first kappa shape index (κ1) is 32.7. The molecule has 2 rings (SSSR count). The van der Waals surface area contributed by atoms with E-state index in [0.29, 0.717) is 25.4 Å². The van der Waals surface area contributed by atoms with E-state index in [1.165, 1.54) is 28.5 Å². The van der Waals surface area contributed by atoms with Gasteiger partial charge in [-0.2, -0.15) is 0 Å². The highest BCUT2D eigenvalue weighted by Gasteiger charge is 2.41. The van der Waals surface area contributed by atoms with Crippen molar-refractivity contribution in [2.45, 2.75) is 107 Å². The summed E-state index contributed by atoms with van der Waals surface area (Å²) in [4.78, 5) is 41.5. The van der Waals surface area contributed by atoms with Gasteiger partial charge >= 0.3 is 0 Å². The SMILES string of the molecule is CC/C=C\SC(=C(C)C)c1ccc(CNC(=O)C2CCCN2C(=O)C(NC(C)=O)C(C)(C)C)c(CC(C)C)c1. The summed E-state index contributed by atoms with van der Waals surface area (Å²) in [7, 11) is 0. The van der Waals surface area contributed by atoms with E-state index >= 15 is 0 Å². The molecule has 2 N–H and O–H groups in total. The number of hydrogen-bond donors (Lipinski definition) is 2. The second-order valence-electron chi connectivity index (χ2n) is 12.2. The number of nitrogens with zero attached hydrogens (tertiary/aromatic N) is 1. The van der Waals surface area contributed by atoms with Gasteiger partial charge in [-0.1, -0.05) is 83.2 Å². The minimum atomic E-state index is -0.678. The van der Waals surface area contributed by atoms with Gasteiger partial charge in [-0.05, 0) is 73.0 Å². The van der Waals surface area contributed by atoms with E-state index in [4.69, 9.17) is 0 Å². The molecule has 1 aliphatic heterocycles. The molecule has 1 aromatic rings. The second-order valence-corrected chi connectivity index (χ2v) is 13.1. The molecule has 3 amide bonds. The Balaban J connectivity index is 2.23. The van der Waals surface area contributed by atoms with E-state index < -0.39 is 17.5 Å².